The Hall–Kier alpha value is -11.6. The summed E-state index contributed by atoms with van der Waals surface area (Å²) >= 11 is 0. The van der Waals surface area contributed by atoms with Gasteiger partial charge in [0.1, 0.15) is 51.8 Å². The van der Waals surface area contributed by atoms with Crippen LogP contribution < -0.4 is 44.4 Å². The number of para-hydroxylation sites is 6. The highest BCUT2D eigenvalue weighted by Crippen LogP contribution is 2.35. The van der Waals surface area contributed by atoms with Crippen LogP contribution in [0.2, 0.25) is 0 Å². The van der Waals surface area contributed by atoms with Crippen molar-refractivity contribution in [1.82, 2.24) is 29.9 Å². The predicted octanol–water partition coefficient (Wildman–Crippen LogP) is 12.8. The number of fused-ring (bicyclic) bond motifs is 3. The van der Waals surface area contributed by atoms with Crippen molar-refractivity contribution >= 4 is 103 Å². The highest BCUT2D eigenvalue weighted by Gasteiger charge is 2.26. The molecule has 3 aromatic heterocycles. The van der Waals surface area contributed by atoms with Crippen molar-refractivity contribution in [2.45, 2.75) is 45.5 Å². The minimum atomic E-state index is -3.97. The summed E-state index contributed by atoms with van der Waals surface area (Å²) in [6, 6.07) is 55.3. The molecule has 0 aliphatic heterocycles. The Balaban J connectivity index is 0.000000161. The molecule has 0 atom stereocenters. The SMILES string of the molecule is COc1cc(Nc2nc3ccccc3nc2CS(=O)(=O)c2cccc(C)c2)cc(OC)c1.COc1cc(Nc2nc3ccccc3nc2CS(=O)(=O)c2cccc(CO)c2)cc(OC)c1.COc1cc(Nc2nc3ccccc3nc2CS(=O)(=O)c2cccc([N+](=O)[O-])c2)cc(OC)c1. The standard InChI is InChI=1S/C24H23N3O5S.C24H23N3O4S.C23H20N4O6S/c1-31-18-11-17(12-19(13-18)32-2)25-24-23(26-21-8-3-4-9-22(21)27-24)15-33(29,30)20-7-5-6-16(10-20)14-28;1-16-7-6-8-20(11-16)32(28,29)15-23-24(27-22-10-5-4-9-21(22)26-23)25-17-12-18(30-2)14-19(13-17)31-3;1-32-17-10-15(11-18(13-17)33-2)24-23-22(25-20-8-3-4-9-21(20)26-23)14-34(30,31)19-7-5-6-16(12-19)27(28)29/h3-13,28H,14-15H2,1-2H3,(H,25,27);4-14H,15H2,1-3H3,(H,25,27);3-13H,14H2,1-2H3,(H,24,26). The largest absolute Gasteiger partial charge is 0.497 e. The first kappa shape index (κ1) is 70.2. The number of aryl methyl sites for hydroxylation is 1. The van der Waals surface area contributed by atoms with Crippen molar-refractivity contribution in [3.05, 3.63) is 239 Å². The number of ether oxygens (including phenoxy) is 6. The van der Waals surface area contributed by atoms with Gasteiger partial charge in [0.2, 0.25) is 0 Å². The normalized spacial score (nSPS) is 11.3. The molecule has 0 aliphatic carbocycles. The Morgan fingerprint density at radius 2 is 0.667 bits per heavy atom. The number of aromatic nitrogens is 6. The molecular formula is C71H66N10O15S3. The Morgan fingerprint density at radius 3 is 0.970 bits per heavy atom. The lowest BCUT2D eigenvalue weighted by molar-refractivity contribution is -0.385. The average molecular weight is 1400 g/mol. The molecule has 0 saturated carbocycles. The van der Waals surface area contributed by atoms with Gasteiger partial charge in [0, 0.05) is 83.8 Å². The van der Waals surface area contributed by atoms with E-state index < -0.39 is 40.2 Å². The van der Waals surface area contributed by atoms with Crippen molar-refractivity contribution < 1.29 is 63.7 Å². The van der Waals surface area contributed by atoms with E-state index in [-0.39, 0.29) is 55.7 Å². The van der Waals surface area contributed by atoms with Gasteiger partial charge in [-0.05, 0) is 84.8 Å². The van der Waals surface area contributed by atoms with Crippen molar-refractivity contribution in [1.29, 1.82) is 0 Å². The van der Waals surface area contributed by atoms with Crippen LogP contribution >= 0.6 is 0 Å². The van der Waals surface area contributed by atoms with Crippen LogP contribution in [-0.4, -0.2) is 108 Å². The highest BCUT2D eigenvalue weighted by atomic mass is 32.2. The minimum absolute atomic E-state index is 0.109. The lowest BCUT2D eigenvalue weighted by Gasteiger charge is -2.14. The summed E-state index contributed by atoms with van der Waals surface area (Å²) < 4.78 is 111. The Morgan fingerprint density at radius 1 is 0.374 bits per heavy atom. The van der Waals surface area contributed by atoms with Gasteiger partial charge in [0.25, 0.3) is 5.69 Å². The number of non-ortho nitro benzene ring substituents is 1. The van der Waals surface area contributed by atoms with Gasteiger partial charge in [-0.1, -0.05) is 66.7 Å². The number of rotatable bonds is 23. The zero-order valence-electron chi connectivity index (χ0n) is 54.4. The quantitative estimate of drug-likeness (QED) is 0.0341. The number of methoxy groups -OCH3 is 6. The van der Waals surface area contributed by atoms with Crippen molar-refractivity contribution in [3.63, 3.8) is 0 Å². The molecule has 0 spiro atoms. The third kappa shape index (κ3) is 17.7. The molecule has 12 aromatic rings. The Labute approximate surface area is 570 Å². The lowest BCUT2D eigenvalue weighted by Crippen LogP contribution is -2.11. The van der Waals surface area contributed by atoms with E-state index in [0.29, 0.717) is 108 Å². The first-order valence-corrected chi connectivity index (χ1v) is 35.0. The number of sulfone groups is 3. The smallest absolute Gasteiger partial charge is 0.270 e. The van der Waals surface area contributed by atoms with E-state index in [1.807, 2.05) is 55.5 Å². The van der Waals surface area contributed by atoms with Crippen molar-refractivity contribution in [3.8, 4) is 34.5 Å². The zero-order chi connectivity index (χ0) is 70.4. The second-order valence-electron chi connectivity index (χ2n) is 21.9. The topological polar surface area (TPSA) is 335 Å². The van der Waals surface area contributed by atoms with Gasteiger partial charge in [0.15, 0.2) is 47.0 Å². The van der Waals surface area contributed by atoms with E-state index in [1.165, 1.54) is 44.6 Å². The molecule has 4 N–H and O–H groups in total. The first-order chi connectivity index (χ1) is 47.6. The van der Waals surface area contributed by atoms with Crippen LogP contribution in [0.1, 0.15) is 28.2 Å². The van der Waals surface area contributed by atoms with Crippen LogP contribution in [0.4, 0.5) is 40.2 Å². The fourth-order valence-corrected chi connectivity index (χ4v) is 14.0. The van der Waals surface area contributed by atoms with Gasteiger partial charge in [-0.3, -0.25) is 10.1 Å². The Bertz CT molecular complexity index is 5260. The molecular weight excluding hydrogens is 1330 g/mol. The molecule has 99 heavy (non-hydrogen) atoms. The van der Waals surface area contributed by atoms with Crippen LogP contribution in [0.3, 0.4) is 0 Å². The number of hydrogen-bond donors (Lipinski definition) is 4. The summed E-state index contributed by atoms with van der Waals surface area (Å²) in [5.74, 6) is 3.09. The van der Waals surface area contributed by atoms with Crippen LogP contribution in [0, 0.1) is 17.0 Å². The van der Waals surface area contributed by atoms with Crippen LogP contribution in [0.15, 0.2) is 215 Å². The van der Waals surface area contributed by atoms with E-state index in [4.69, 9.17) is 28.4 Å². The fraction of sp³-hybridized carbons (Fsp3) is 0.155. The minimum Gasteiger partial charge on any atom is -0.497 e. The first-order valence-electron chi connectivity index (χ1n) is 30.0. The summed E-state index contributed by atoms with van der Waals surface area (Å²) in [4.78, 5) is 38.3. The van der Waals surface area contributed by atoms with E-state index in [9.17, 15) is 40.5 Å². The van der Waals surface area contributed by atoms with Crippen molar-refractivity contribution in [2.24, 2.45) is 0 Å². The molecule has 0 unspecified atom stereocenters. The number of aliphatic hydroxyl groups excluding tert-OH is 1. The molecule has 0 aliphatic rings. The van der Waals surface area contributed by atoms with Gasteiger partial charge < -0.3 is 49.5 Å². The molecule has 508 valence electrons. The molecule has 12 rings (SSSR count). The van der Waals surface area contributed by atoms with Crippen LogP contribution in [0.25, 0.3) is 33.1 Å². The number of nitro groups is 1. The zero-order valence-corrected chi connectivity index (χ0v) is 56.8. The van der Waals surface area contributed by atoms with E-state index in [1.54, 1.807) is 144 Å². The summed E-state index contributed by atoms with van der Waals surface area (Å²) in [5, 5.41) is 30.0. The molecule has 3 heterocycles. The number of nitrogens with zero attached hydrogens (tertiary/aromatic N) is 7. The molecule has 25 nitrogen and oxygen atoms in total. The van der Waals surface area contributed by atoms with Gasteiger partial charge in [-0.25, -0.2) is 55.2 Å². The molecule has 0 bridgehead atoms. The summed E-state index contributed by atoms with van der Waals surface area (Å²) in [6.07, 6.45) is 0. The van der Waals surface area contributed by atoms with Gasteiger partial charge in [0.05, 0.1) is 119 Å². The molecule has 0 radical (unpaired) electrons. The number of nitrogens with one attached hydrogen (secondary N) is 3. The van der Waals surface area contributed by atoms with Crippen LogP contribution in [0.5, 0.6) is 34.5 Å². The average Bonchev–Trinajstić information content (AvgIpc) is 0.844. The van der Waals surface area contributed by atoms with Crippen molar-refractivity contribution in [2.75, 3.05) is 58.6 Å². The third-order valence-corrected chi connectivity index (χ3v) is 19.8. The maximum atomic E-state index is 13.2. The number of aliphatic hydroxyl groups is 1. The fourth-order valence-electron chi connectivity index (χ4n) is 9.99. The number of nitro benzene ring substituents is 1. The van der Waals surface area contributed by atoms with E-state index in [0.717, 1.165) is 11.6 Å². The summed E-state index contributed by atoms with van der Waals surface area (Å²) in [5.41, 5.74) is 7.19. The lowest BCUT2D eigenvalue weighted by atomic mass is 10.2. The predicted molar refractivity (Wildman–Crippen MR) is 376 cm³/mol. The van der Waals surface area contributed by atoms with Gasteiger partial charge in [-0.15, -0.1) is 0 Å². The molecule has 9 aromatic carbocycles. The molecule has 0 amide bonds. The molecule has 0 fully saturated rings. The molecule has 28 heteroatoms. The number of anilines is 6. The highest BCUT2D eigenvalue weighted by molar-refractivity contribution is 7.91. The van der Waals surface area contributed by atoms with Gasteiger partial charge in [-0.2, -0.15) is 0 Å². The monoisotopic (exact) mass is 1390 g/mol. The molecule has 0 saturated heterocycles. The van der Waals surface area contributed by atoms with E-state index >= 15 is 0 Å². The second-order valence-corrected chi connectivity index (χ2v) is 27.8. The number of benzene rings is 9. The number of hydrogen-bond acceptors (Lipinski definition) is 24. The Kier molecular flexibility index (Phi) is 22.0. The maximum absolute atomic E-state index is 13.2. The second kappa shape index (κ2) is 31.1. The third-order valence-electron chi connectivity index (χ3n) is 14.9. The van der Waals surface area contributed by atoms with E-state index in [2.05, 4.69) is 45.9 Å². The van der Waals surface area contributed by atoms with Gasteiger partial charge >= 0.3 is 0 Å². The summed E-state index contributed by atoms with van der Waals surface area (Å²) in [6.45, 7) is 1.61. The van der Waals surface area contributed by atoms with Crippen LogP contribution in [-0.2, 0) is 53.4 Å². The summed E-state index contributed by atoms with van der Waals surface area (Å²) in [7, 11) is -2.11. The maximum Gasteiger partial charge on any atom is 0.270 e.